The van der Waals surface area contributed by atoms with Crippen LogP contribution in [-0.4, -0.2) is 37.9 Å². The number of ether oxygens (including phenoxy) is 2. The van der Waals surface area contributed by atoms with Crippen molar-refractivity contribution in [1.29, 1.82) is 0 Å². The monoisotopic (exact) mass is 403 g/mol. The van der Waals surface area contributed by atoms with Crippen LogP contribution in [0.4, 0.5) is 4.39 Å². The lowest BCUT2D eigenvalue weighted by Crippen LogP contribution is -2.68. The van der Waals surface area contributed by atoms with Crippen LogP contribution < -0.4 is 15.4 Å². The first-order chi connectivity index (χ1) is 13.9. The summed E-state index contributed by atoms with van der Waals surface area (Å²) in [5, 5.41) is 7.07. The number of hydrogen-bond donors (Lipinski definition) is 2. The van der Waals surface area contributed by atoms with E-state index >= 15 is 0 Å². The smallest absolute Gasteiger partial charge is 0.191 e. The topological polar surface area (TPSA) is 54.9 Å². The highest BCUT2D eigenvalue weighted by molar-refractivity contribution is 5.81. The minimum Gasteiger partial charge on any atom is -0.490 e. The van der Waals surface area contributed by atoms with Crippen LogP contribution in [0, 0.1) is 23.1 Å². The van der Waals surface area contributed by atoms with Crippen molar-refractivity contribution in [3.8, 4) is 5.75 Å². The Morgan fingerprint density at radius 2 is 2.14 bits per heavy atom. The molecule has 0 radical (unpaired) electrons. The zero-order valence-corrected chi connectivity index (χ0v) is 18.0. The van der Waals surface area contributed by atoms with Gasteiger partial charge >= 0.3 is 0 Å². The van der Waals surface area contributed by atoms with E-state index in [2.05, 4.69) is 29.5 Å². The molecular weight excluding hydrogens is 369 g/mol. The van der Waals surface area contributed by atoms with Crippen molar-refractivity contribution in [2.24, 2.45) is 22.2 Å². The van der Waals surface area contributed by atoms with E-state index in [-0.39, 0.29) is 17.3 Å². The Morgan fingerprint density at radius 1 is 1.34 bits per heavy atom. The van der Waals surface area contributed by atoms with E-state index in [4.69, 9.17) is 9.47 Å². The van der Waals surface area contributed by atoms with E-state index in [0.29, 0.717) is 42.9 Å². The maximum Gasteiger partial charge on any atom is 0.191 e. The molecule has 160 valence electrons. The second-order valence-corrected chi connectivity index (χ2v) is 9.32. The van der Waals surface area contributed by atoms with Crippen LogP contribution in [-0.2, 0) is 4.74 Å². The number of hydrogen-bond acceptors (Lipinski definition) is 3. The Bertz CT molecular complexity index is 762. The fraction of sp³-hybridized carbons (Fsp3) is 0.696. The number of aliphatic imine (C=N–C) groups is 1. The van der Waals surface area contributed by atoms with Gasteiger partial charge in [0.05, 0.1) is 18.8 Å². The van der Waals surface area contributed by atoms with Crippen molar-refractivity contribution in [3.05, 3.63) is 29.6 Å². The first kappa shape index (κ1) is 20.5. The number of rotatable bonds is 7. The molecule has 1 aromatic carbocycles. The zero-order chi connectivity index (χ0) is 20.6. The van der Waals surface area contributed by atoms with E-state index < -0.39 is 0 Å². The molecule has 1 aliphatic heterocycles. The number of fused-ring (bicyclic) bond motifs is 1. The summed E-state index contributed by atoms with van der Waals surface area (Å²) < 4.78 is 26.0. The molecule has 4 atom stereocenters. The highest BCUT2D eigenvalue weighted by Crippen LogP contribution is 2.52. The Labute approximate surface area is 173 Å². The lowest BCUT2D eigenvalue weighted by Gasteiger charge is -2.55. The molecule has 4 rings (SSSR count). The summed E-state index contributed by atoms with van der Waals surface area (Å²) in [6.07, 6.45) is 3.81. The van der Waals surface area contributed by atoms with Gasteiger partial charge in [-0.25, -0.2) is 4.39 Å². The van der Waals surface area contributed by atoms with Gasteiger partial charge in [0.1, 0.15) is 0 Å². The summed E-state index contributed by atoms with van der Waals surface area (Å²) >= 11 is 0. The molecular formula is C23H34FN3O2. The third kappa shape index (κ3) is 4.23. The molecule has 2 aliphatic carbocycles. The number of halogens is 1. The minimum atomic E-state index is -0.301. The highest BCUT2D eigenvalue weighted by Gasteiger charge is 2.59. The third-order valence-electron chi connectivity index (χ3n) is 6.69. The summed E-state index contributed by atoms with van der Waals surface area (Å²) in [7, 11) is 0. The molecule has 0 aromatic heterocycles. The van der Waals surface area contributed by atoms with Crippen LogP contribution in [0.15, 0.2) is 23.2 Å². The maximum atomic E-state index is 14.5. The van der Waals surface area contributed by atoms with Gasteiger partial charge in [0.2, 0.25) is 0 Å². The van der Waals surface area contributed by atoms with E-state index in [0.717, 1.165) is 24.6 Å². The summed E-state index contributed by atoms with van der Waals surface area (Å²) in [5.41, 5.74) is 0.953. The van der Waals surface area contributed by atoms with Crippen molar-refractivity contribution < 1.29 is 13.9 Å². The lowest BCUT2D eigenvalue weighted by atomic mass is 9.57. The van der Waals surface area contributed by atoms with E-state index in [1.54, 1.807) is 12.1 Å². The van der Waals surface area contributed by atoms with Crippen LogP contribution >= 0.6 is 0 Å². The van der Waals surface area contributed by atoms with Crippen LogP contribution in [0.25, 0.3) is 0 Å². The molecule has 3 fully saturated rings. The standard InChI is InChI=1S/C23H34FN3O2/c1-5-25-22(27-20-17-10-11-28-21(17)23(20,3)4)26-14(2)16-8-9-19(18(24)12-16)29-13-15-6-7-15/h8-9,12,14-15,17,20-21H,5-7,10-11,13H2,1-4H3,(H2,25,26,27). The Balaban J connectivity index is 1.39. The van der Waals surface area contributed by atoms with Crippen molar-refractivity contribution in [1.82, 2.24) is 10.6 Å². The van der Waals surface area contributed by atoms with Gasteiger partial charge in [-0.3, -0.25) is 4.99 Å². The molecule has 3 aliphatic rings. The van der Waals surface area contributed by atoms with Crippen molar-refractivity contribution in [2.75, 3.05) is 19.8 Å². The Morgan fingerprint density at radius 3 is 2.83 bits per heavy atom. The Hall–Kier alpha value is -1.82. The second-order valence-electron chi connectivity index (χ2n) is 9.32. The van der Waals surface area contributed by atoms with Gasteiger partial charge < -0.3 is 20.1 Å². The van der Waals surface area contributed by atoms with Crippen molar-refractivity contribution in [3.63, 3.8) is 0 Å². The normalized spacial score (nSPS) is 29.0. The summed E-state index contributed by atoms with van der Waals surface area (Å²) in [5.74, 6) is 1.96. The van der Waals surface area contributed by atoms with Crippen molar-refractivity contribution >= 4 is 5.96 Å². The van der Waals surface area contributed by atoms with Gasteiger partial charge in [0.15, 0.2) is 17.5 Å². The van der Waals surface area contributed by atoms with E-state index in [1.165, 1.54) is 12.8 Å². The fourth-order valence-corrected chi connectivity index (χ4v) is 4.74. The van der Waals surface area contributed by atoms with Crippen LogP contribution in [0.5, 0.6) is 5.75 Å². The molecule has 1 aromatic rings. The summed E-state index contributed by atoms with van der Waals surface area (Å²) in [6.45, 7) is 10.7. The molecule has 1 saturated heterocycles. The maximum absolute atomic E-state index is 14.5. The lowest BCUT2D eigenvalue weighted by molar-refractivity contribution is -0.106. The SMILES string of the molecule is CCN=C(NC(C)c1ccc(OCC2CC2)c(F)c1)NC1C2CCOC2C1(C)C. The fourth-order valence-electron chi connectivity index (χ4n) is 4.74. The quantitative estimate of drug-likeness (QED) is 0.533. The number of benzene rings is 1. The van der Waals surface area contributed by atoms with Gasteiger partial charge in [0, 0.05) is 30.5 Å². The average Bonchev–Trinajstić information content (AvgIpc) is 3.40. The molecule has 2 saturated carbocycles. The molecule has 4 unspecified atom stereocenters. The van der Waals surface area contributed by atoms with Crippen LogP contribution in [0.1, 0.15) is 58.6 Å². The predicted molar refractivity (Wildman–Crippen MR) is 113 cm³/mol. The highest BCUT2D eigenvalue weighted by atomic mass is 19.1. The van der Waals surface area contributed by atoms with Crippen LogP contribution in [0.3, 0.4) is 0 Å². The first-order valence-corrected chi connectivity index (χ1v) is 11.0. The van der Waals surface area contributed by atoms with E-state index in [9.17, 15) is 4.39 Å². The van der Waals surface area contributed by atoms with Gasteiger partial charge in [-0.15, -0.1) is 0 Å². The zero-order valence-electron chi connectivity index (χ0n) is 18.0. The molecule has 5 nitrogen and oxygen atoms in total. The molecule has 0 bridgehead atoms. The number of guanidine groups is 1. The summed E-state index contributed by atoms with van der Waals surface area (Å²) in [4.78, 5) is 4.62. The van der Waals surface area contributed by atoms with Gasteiger partial charge in [-0.05, 0) is 56.7 Å². The average molecular weight is 404 g/mol. The van der Waals surface area contributed by atoms with Gasteiger partial charge in [-0.1, -0.05) is 19.9 Å². The van der Waals surface area contributed by atoms with Gasteiger partial charge in [0.25, 0.3) is 0 Å². The van der Waals surface area contributed by atoms with Crippen LogP contribution in [0.2, 0.25) is 0 Å². The number of nitrogens with zero attached hydrogens (tertiary/aromatic N) is 1. The molecule has 0 spiro atoms. The number of nitrogens with one attached hydrogen (secondary N) is 2. The van der Waals surface area contributed by atoms with E-state index in [1.807, 2.05) is 19.9 Å². The molecule has 1 heterocycles. The molecule has 29 heavy (non-hydrogen) atoms. The summed E-state index contributed by atoms with van der Waals surface area (Å²) in [6, 6.07) is 5.50. The predicted octanol–water partition coefficient (Wildman–Crippen LogP) is 4.04. The minimum absolute atomic E-state index is 0.0707. The molecule has 2 N–H and O–H groups in total. The van der Waals surface area contributed by atoms with Gasteiger partial charge in [-0.2, -0.15) is 0 Å². The largest absolute Gasteiger partial charge is 0.490 e. The third-order valence-corrected chi connectivity index (χ3v) is 6.69. The van der Waals surface area contributed by atoms with Crippen molar-refractivity contribution in [2.45, 2.75) is 65.1 Å². The second kappa shape index (κ2) is 8.13. The molecule has 6 heteroatoms. The molecule has 0 amide bonds. The first-order valence-electron chi connectivity index (χ1n) is 11.0. The Kier molecular flexibility index (Phi) is 5.74.